The molecule has 0 aliphatic carbocycles. The van der Waals surface area contributed by atoms with Gasteiger partial charge in [-0.15, -0.1) is 0 Å². The van der Waals surface area contributed by atoms with Crippen LogP contribution in [0.15, 0.2) is 12.3 Å². The van der Waals surface area contributed by atoms with E-state index in [-0.39, 0.29) is 6.04 Å². The number of piperazine rings is 1. The summed E-state index contributed by atoms with van der Waals surface area (Å²) in [6, 6.07) is 4.72. The van der Waals surface area contributed by atoms with Crippen LogP contribution in [0.25, 0.3) is 0 Å². The van der Waals surface area contributed by atoms with Gasteiger partial charge in [0.05, 0.1) is 11.8 Å². The van der Waals surface area contributed by atoms with Gasteiger partial charge < -0.3 is 5.32 Å². The van der Waals surface area contributed by atoms with Crippen molar-refractivity contribution in [1.82, 2.24) is 20.0 Å². The highest BCUT2D eigenvalue weighted by Gasteiger charge is 2.22. The summed E-state index contributed by atoms with van der Waals surface area (Å²) in [5.74, 6) is 0. The molecule has 0 aromatic carbocycles. The number of rotatable bonds is 3. The smallest absolute Gasteiger partial charge is 0.111 e. The third kappa shape index (κ3) is 2.84. The first kappa shape index (κ1) is 12.1. The lowest BCUT2D eigenvalue weighted by Crippen LogP contribution is -2.50. The van der Waals surface area contributed by atoms with Crippen LogP contribution < -0.4 is 5.32 Å². The zero-order valence-corrected chi connectivity index (χ0v) is 10.4. The Morgan fingerprint density at radius 1 is 1.65 bits per heavy atom. The van der Waals surface area contributed by atoms with Gasteiger partial charge in [0.15, 0.2) is 0 Å². The first-order valence-corrected chi connectivity index (χ1v) is 6.09. The first-order valence-electron chi connectivity index (χ1n) is 6.09. The van der Waals surface area contributed by atoms with Crippen molar-refractivity contribution in [3.05, 3.63) is 18.0 Å². The molecule has 1 fully saturated rings. The number of nitrogens with one attached hydrogen (secondary N) is 1. The summed E-state index contributed by atoms with van der Waals surface area (Å²) in [6.45, 7) is 7.59. The SMILES string of the molecule is CC(C)n1ccc(CN2CCNCC2C#N)n1. The van der Waals surface area contributed by atoms with Gasteiger partial charge >= 0.3 is 0 Å². The Hall–Kier alpha value is -1.38. The number of hydrogen-bond donors (Lipinski definition) is 1. The Morgan fingerprint density at radius 3 is 3.12 bits per heavy atom. The highest BCUT2D eigenvalue weighted by Crippen LogP contribution is 2.10. The topological polar surface area (TPSA) is 56.9 Å². The van der Waals surface area contributed by atoms with Crippen molar-refractivity contribution < 1.29 is 0 Å². The molecule has 0 saturated carbocycles. The van der Waals surface area contributed by atoms with Crippen molar-refractivity contribution in [2.45, 2.75) is 32.5 Å². The summed E-state index contributed by atoms with van der Waals surface area (Å²) < 4.78 is 1.96. The molecule has 2 rings (SSSR count). The molecule has 1 saturated heterocycles. The van der Waals surface area contributed by atoms with E-state index in [4.69, 9.17) is 5.26 Å². The van der Waals surface area contributed by atoms with Crippen molar-refractivity contribution in [3.63, 3.8) is 0 Å². The van der Waals surface area contributed by atoms with Crippen LogP contribution in [0.2, 0.25) is 0 Å². The van der Waals surface area contributed by atoms with Crippen LogP contribution in [0.4, 0.5) is 0 Å². The van der Waals surface area contributed by atoms with Crippen LogP contribution in [0.1, 0.15) is 25.6 Å². The second-order valence-electron chi connectivity index (χ2n) is 4.70. The molecule has 0 radical (unpaired) electrons. The molecule has 1 aliphatic heterocycles. The van der Waals surface area contributed by atoms with Crippen LogP contribution in [-0.2, 0) is 6.54 Å². The summed E-state index contributed by atoms with van der Waals surface area (Å²) in [5, 5.41) is 16.8. The molecule has 1 N–H and O–H groups in total. The highest BCUT2D eigenvalue weighted by molar-refractivity contribution is 5.03. The molecule has 1 aromatic rings. The van der Waals surface area contributed by atoms with E-state index in [1.807, 2.05) is 16.9 Å². The van der Waals surface area contributed by atoms with Crippen LogP contribution in [0.3, 0.4) is 0 Å². The van der Waals surface area contributed by atoms with E-state index in [1.165, 1.54) is 0 Å². The molecule has 5 nitrogen and oxygen atoms in total. The number of nitrogens with zero attached hydrogens (tertiary/aromatic N) is 4. The van der Waals surface area contributed by atoms with Gasteiger partial charge in [-0.2, -0.15) is 10.4 Å². The molecule has 17 heavy (non-hydrogen) atoms. The zero-order chi connectivity index (χ0) is 12.3. The van der Waals surface area contributed by atoms with Crippen molar-refractivity contribution >= 4 is 0 Å². The lowest BCUT2D eigenvalue weighted by atomic mass is 10.2. The molecule has 2 heterocycles. The van der Waals surface area contributed by atoms with E-state index in [0.717, 1.165) is 31.9 Å². The Bertz CT molecular complexity index is 403. The lowest BCUT2D eigenvalue weighted by Gasteiger charge is -2.31. The molecular weight excluding hydrogens is 214 g/mol. The maximum absolute atomic E-state index is 9.08. The fourth-order valence-electron chi connectivity index (χ4n) is 2.02. The predicted molar refractivity (Wildman–Crippen MR) is 65.3 cm³/mol. The van der Waals surface area contributed by atoms with Gasteiger partial charge in [-0.05, 0) is 19.9 Å². The highest BCUT2D eigenvalue weighted by atomic mass is 15.3. The molecule has 0 bridgehead atoms. The minimum Gasteiger partial charge on any atom is -0.313 e. The van der Waals surface area contributed by atoms with E-state index in [1.54, 1.807) is 0 Å². The second kappa shape index (κ2) is 5.30. The Morgan fingerprint density at radius 2 is 2.47 bits per heavy atom. The van der Waals surface area contributed by atoms with Crippen molar-refractivity contribution in [2.75, 3.05) is 19.6 Å². The summed E-state index contributed by atoms with van der Waals surface area (Å²) >= 11 is 0. The van der Waals surface area contributed by atoms with Gasteiger partial charge in [-0.1, -0.05) is 0 Å². The van der Waals surface area contributed by atoms with E-state index < -0.39 is 0 Å². The van der Waals surface area contributed by atoms with Crippen molar-refractivity contribution in [1.29, 1.82) is 5.26 Å². The minimum atomic E-state index is -0.0343. The maximum atomic E-state index is 9.08. The Kier molecular flexibility index (Phi) is 3.77. The molecule has 5 heteroatoms. The first-order chi connectivity index (χ1) is 8.20. The molecular formula is C12H19N5. The summed E-state index contributed by atoms with van der Waals surface area (Å²) in [4.78, 5) is 2.18. The van der Waals surface area contributed by atoms with Crippen molar-refractivity contribution in [3.8, 4) is 6.07 Å². The van der Waals surface area contributed by atoms with E-state index in [0.29, 0.717) is 6.04 Å². The zero-order valence-electron chi connectivity index (χ0n) is 10.4. The third-order valence-corrected chi connectivity index (χ3v) is 3.06. The predicted octanol–water partition coefficient (Wildman–Crippen LogP) is 0.761. The van der Waals surface area contributed by atoms with E-state index in [9.17, 15) is 0 Å². The molecule has 0 amide bonds. The molecule has 1 unspecified atom stereocenters. The van der Waals surface area contributed by atoms with E-state index in [2.05, 4.69) is 35.2 Å². The van der Waals surface area contributed by atoms with Crippen LogP contribution in [0, 0.1) is 11.3 Å². The fourth-order valence-corrected chi connectivity index (χ4v) is 2.02. The molecule has 1 aliphatic rings. The number of aromatic nitrogens is 2. The van der Waals surface area contributed by atoms with Crippen molar-refractivity contribution in [2.24, 2.45) is 0 Å². The molecule has 1 atom stereocenters. The average Bonchev–Trinajstić information content (AvgIpc) is 2.78. The summed E-state index contributed by atoms with van der Waals surface area (Å²) in [6.07, 6.45) is 2.00. The van der Waals surface area contributed by atoms with E-state index >= 15 is 0 Å². The summed E-state index contributed by atoms with van der Waals surface area (Å²) in [7, 11) is 0. The van der Waals surface area contributed by atoms with Gasteiger partial charge in [-0.25, -0.2) is 0 Å². The molecule has 92 valence electrons. The standard InChI is InChI=1S/C12H19N5/c1-10(2)17-5-3-11(15-17)9-16-6-4-14-8-12(16)7-13/h3,5,10,12,14H,4,6,8-9H2,1-2H3. The lowest BCUT2D eigenvalue weighted by molar-refractivity contribution is 0.186. The van der Waals surface area contributed by atoms with Gasteiger partial charge in [0.2, 0.25) is 0 Å². The summed E-state index contributed by atoms with van der Waals surface area (Å²) in [5.41, 5.74) is 1.04. The average molecular weight is 233 g/mol. The second-order valence-corrected chi connectivity index (χ2v) is 4.70. The quantitative estimate of drug-likeness (QED) is 0.837. The number of hydrogen-bond acceptors (Lipinski definition) is 4. The largest absolute Gasteiger partial charge is 0.313 e. The van der Waals surface area contributed by atoms with Crippen LogP contribution in [0.5, 0.6) is 0 Å². The maximum Gasteiger partial charge on any atom is 0.111 e. The number of nitriles is 1. The molecule has 0 spiro atoms. The third-order valence-electron chi connectivity index (χ3n) is 3.06. The van der Waals surface area contributed by atoms with Gasteiger partial charge in [0.25, 0.3) is 0 Å². The van der Waals surface area contributed by atoms with Crippen LogP contribution >= 0.6 is 0 Å². The Balaban J connectivity index is 2.01. The van der Waals surface area contributed by atoms with Gasteiger partial charge in [0.1, 0.15) is 6.04 Å². The van der Waals surface area contributed by atoms with Gasteiger partial charge in [-0.3, -0.25) is 9.58 Å². The Labute approximate surface area is 102 Å². The van der Waals surface area contributed by atoms with Crippen LogP contribution in [-0.4, -0.2) is 40.4 Å². The monoisotopic (exact) mass is 233 g/mol. The fraction of sp³-hybridized carbons (Fsp3) is 0.667. The molecule has 1 aromatic heterocycles. The van der Waals surface area contributed by atoms with Gasteiger partial charge in [0, 0.05) is 38.4 Å². The normalized spacial score (nSPS) is 21.6. The minimum absolute atomic E-state index is 0.0343.